The van der Waals surface area contributed by atoms with Crippen molar-refractivity contribution in [2.45, 2.75) is 13.8 Å². The van der Waals surface area contributed by atoms with E-state index in [-0.39, 0.29) is 5.69 Å². The number of urea groups is 1. The fourth-order valence-electron chi connectivity index (χ4n) is 2.71. The molecule has 3 amide bonds. The molecule has 31 heavy (non-hydrogen) atoms. The summed E-state index contributed by atoms with van der Waals surface area (Å²) in [6, 6.07) is 12.6. The number of thiazole rings is 2. The second kappa shape index (κ2) is 9.11. The molecule has 10 heteroatoms. The Morgan fingerprint density at radius 3 is 2.58 bits per heavy atom. The lowest BCUT2D eigenvalue weighted by atomic mass is 10.2. The van der Waals surface area contributed by atoms with Gasteiger partial charge in [-0.15, -0.1) is 11.3 Å². The molecule has 0 radical (unpaired) electrons. The minimum Gasteiger partial charge on any atom is -0.494 e. The van der Waals surface area contributed by atoms with Gasteiger partial charge >= 0.3 is 6.03 Å². The molecule has 0 atom stereocenters. The van der Waals surface area contributed by atoms with Crippen molar-refractivity contribution in [3.63, 3.8) is 0 Å². The summed E-state index contributed by atoms with van der Waals surface area (Å²) in [6.45, 7) is 4.47. The first kappa shape index (κ1) is 20.8. The summed E-state index contributed by atoms with van der Waals surface area (Å²) in [5, 5.41) is 10.5. The van der Waals surface area contributed by atoms with E-state index in [4.69, 9.17) is 4.74 Å². The molecule has 0 bridgehead atoms. The van der Waals surface area contributed by atoms with E-state index in [2.05, 4.69) is 25.9 Å². The molecule has 158 valence electrons. The van der Waals surface area contributed by atoms with Gasteiger partial charge in [-0.2, -0.15) is 0 Å². The Bertz CT molecular complexity index is 1230. The Labute approximate surface area is 186 Å². The van der Waals surface area contributed by atoms with Crippen LogP contribution >= 0.6 is 22.7 Å². The van der Waals surface area contributed by atoms with Gasteiger partial charge in [-0.25, -0.2) is 14.8 Å². The predicted molar refractivity (Wildman–Crippen MR) is 125 cm³/mol. The molecule has 0 aliphatic heterocycles. The fraction of sp³-hybridized carbons (Fsp3) is 0.143. The van der Waals surface area contributed by atoms with E-state index in [1.54, 1.807) is 5.38 Å². The van der Waals surface area contributed by atoms with Crippen LogP contribution in [0.15, 0.2) is 47.8 Å². The summed E-state index contributed by atoms with van der Waals surface area (Å²) >= 11 is 2.52. The average Bonchev–Trinajstić information content (AvgIpc) is 3.36. The molecular weight excluding hydrogens is 434 g/mol. The topological polar surface area (TPSA) is 105 Å². The minimum atomic E-state index is -0.429. The Balaban J connectivity index is 1.38. The fourth-order valence-corrected chi connectivity index (χ4v) is 4.28. The first-order valence-corrected chi connectivity index (χ1v) is 11.1. The molecule has 0 saturated heterocycles. The average molecular weight is 454 g/mol. The van der Waals surface area contributed by atoms with Crippen LogP contribution in [0, 0.1) is 6.92 Å². The van der Waals surface area contributed by atoms with Gasteiger partial charge in [0.25, 0.3) is 5.91 Å². The highest BCUT2D eigenvalue weighted by Gasteiger charge is 2.15. The Hall–Kier alpha value is -3.50. The normalized spacial score (nSPS) is 10.6. The zero-order chi connectivity index (χ0) is 21.8. The van der Waals surface area contributed by atoms with Crippen LogP contribution in [0.3, 0.4) is 0 Å². The van der Waals surface area contributed by atoms with Crippen molar-refractivity contribution < 1.29 is 14.3 Å². The number of benzene rings is 2. The van der Waals surface area contributed by atoms with Crippen LogP contribution in [0.1, 0.15) is 23.0 Å². The molecule has 2 aromatic carbocycles. The first-order chi connectivity index (χ1) is 15.0. The lowest BCUT2D eigenvalue weighted by Gasteiger charge is -2.05. The number of anilines is 3. The number of hydrogen-bond donors (Lipinski definition) is 3. The van der Waals surface area contributed by atoms with Gasteiger partial charge in [0.05, 0.1) is 16.8 Å². The number of aromatic nitrogens is 2. The Morgan fingerprint density at radius 1 is 1.00 bits per heavy atom. The summed E-state index contributed by atoms with van der Waals surface area (Å²) < 4.78 is 6.41. The molecule has 0 aliphatic rings. The summed E-state index contributed by atoms with van der Waals surface area (Å²) in [6.07, 6.45) is 0. The van der Waals surface area contributed by atoms with Gasteiger partial charge in [0.2, 0.25) is 0 Å². The molecule has 8 nitrogen and oxygen atoms in total. The zero-order valence-electron chi connectivity index (χ0n) is 16.8. The highest BCUT2D eigenvalue weighted by molar-refractivity contribution is 7.22. The largest absolute Gasteiger partial charge is 0.494 e. The van der Waals surface area contributed by atoms with Crippen LogP contribution in [-0.2, 0) is 0 Å². The highest BCUT2D eigenvalue weighted by atomic mass is 32.1. The quantitative estimate of drug-likeness (QED) is 0.365. The molecule has 4 rings (SSSR count). The van der Waals surface area contributed by atoms with E-state index in [1.165, 1.54) is 11.3 Å². The molecule has 0 fully saturated rings. The zero-order valence-corrected chi connectivity index (χ0v) is 18.4. The summed E-state index contributed by atoms with van der Waals surface area (Å²) in [4.78, 5) is 33.3. The summed E-state index contributed by atoms with van der Waals surface area (Å²) in [5.41, 5.74) is 2.74. The third-order valence-electron chi connectivity index (χ3n) is 4.16. The molecule has 2 heterocycles. The molecular formula is C21H19N5O3S2. The number of aryl methyl sites for hydroxylation is 1. The van der Waals surface area contributed by atoms with Crippen molar-refractivity contribution in [2.75, 3.05) is 22.6 Å². The molecule has 0 saturated carbocycles. The van der Waals surface area contributed by atoms with Crippen LogP contribution in [-0.4, -0.2) is 28.5 Å². The number of nitrogens with zero attached hydrogens (tertiary/aromatic N) is 2. The van der Waals surface area contributed by atoms with Crippen LogP contribution in [0.4, 0.5) is 20.7 Å². The van der Waals surface area contributed by atoms with Crippen molar-refractivity contribution in [1.29, 1.82) is 0 Å². The lowest BCUT2D eigenvalue weighted by Crippen LogP contribution is -2.19. The molecule has 0 spiro atoms. The van der Waals surface area contributed by atoms with Crippen LogP contribution in [0.2, 0.25) is 0 Å². The standard InChI is InChI=1S/C21H19N5O3S2/c1-3-29-14-8-9-15-17(10-14)31-21(23-15)25-18(27)16-11-30-20(24-16)26-19(28)22-13-6-4-12(2)5-7-13/h4-11H,3H2,1-2H3,(H,23,25,27)(H2,22,24,26,28). The maximum Gasteiger partial charge on any atom is 0.325 e. The molecule has 4 aromatic rings. The Kier molecular flexibility index (Phi) is 6.10. The van der Waals surface area contributed by atoms with Gasteiger partial charge in [0, 0.05) is 11.1 Å². The van der Waals surface area contributed by atoms with Crippen molar-refractivity contribution >= 4 is 60.8 Å². The number of carbonyl (C=O) groups is 2. The van der Waals surface area contributed by atoms with Crippen LogP contribution in [0.5, 0.6) is 5.75 Å². The second-order valence-corrected chi connectivity index (χ2v) is 8.41. The number of ether oxygens (including phenoxy) is 1. The number of amides is 3. The highest BCUT2D eigenvalue weighted by Crippen LogP contribution is 2.29. The summed E-state index contributed by atoms with van der Waals surface area (Å²) in [7, 11) is 0. The van der Waals surface area contributed by atoms with E-state index in [1.807, 2.05) is 56.3 Å². The smallest absolute Gasteiger partial charge is 0.325 e. The van der Waals surface area contributed by atoms with E-state index in [0.717, 1.165) is 32.9 Å². The number of rotatable bonds is 6. The van der Waals surface area contributed by atoms with Crippen molar-refractivity contribution in [1.82, 2.24) is 9.97 Å². The third kappa shape index (κ3) is 5.16. The van der Waals surface area contributed by atoms with Gasteiger partial charge in [-0.05, 0) is 44.2 Å². The lowest BCUT2D eigenvalue weighted by molar-refractivity contribution is 0.102. The van der Waals surface area contributed by atoms with Gasteiger partial charge < -0.3 is 10.1 Å². The molecule has 3 N–H and O–H groups in total. The third-order valence-corrected chi connectivity index (χ3v) is 5.85. The predicted octanol–water partition coefficient (Wildman–Crippen LogP) is 5.36. The number of fused-ring (bicyclic) bond motifs is 1. The van der Waals surface area contributed by atoms with E-state index < -0.39 is 11.9 Å². The first-order valence-electron chi connectivity index (χ1n) is 9.45. The monoisotopic (exact) mass is 453 g/mol. The van der Waals surface area contributed by atoms with E-state index in [0.29, 0.717) is 22.6 Å². The number of hydrogen-bond acceptors (Lipinski definition) is 7. The molecule has 0 unspecified atom stereocenters. The molecule has 2 aromatic heterocycles. The molecule has 0 aliphatic carbocycles. The maximum atomic E-state index is 12.5. The SMILES string of the molecule is CCOc1ccc2nc(NC(=O)c3csc(NC(=O)Nc4ccc(C)cc4)n3)sc2c1. The number of carbonyl (C=O) groups excluding carboxylic acids is 2. The minimum absolute atomic E-state index is 0.199. The maximum absolute atomic E-state index is 12.5. The van der Waals surface area contributed by atoms with Crippen molar-refractivity contribution in [3.8, 4) is 5.75 Å². The van der Waals surface area contributed by atoms with Crippen molar-refractivity contribution in [3.05, 3.63) is 59.1 Å². The van der Waals surface area contributed by atoms with E-state index in [9.17, 15) is 9.59 Å². The van der Waals surface area contributed by atoms with Gasteiger partial charge in [-0.3, -0.25) is 15.4 Å². The summed E-state index contributed by atoms with van der Waals surface area (Å²) in [5.74, 6) is 0.364. The van der Waals surface area contributed by atoms with Crippen LogP contribution < -0.4 is 20.7 Å². The van der Waals surface area contributed by atoms with Crippen LogP contribution in [0.25, 0.3) is 10.2 Å². The van der Waals surface area contributed by atoms with Gasteiger partial charge in [0.1, 0.15) is 11.4 Å². The Morgan fingerprint density at radius 2 is 1.81 bits per heavy atom. The van der Waals surface area contributed by atoms with E-state index >= 15 is 0 Å². The second-order valence-electron chi connectivity index (χ2n) is 6.52. The van der Waals surface area contributed by atoms with Gasteiger partial charge in [0.15, 0.2) is 10.3 Å². The van der Waals surface area contributed by atoms with Crippen molar-refractivity contribution in [2.24, 2.45) is 0 Å². The van der Waals surface area contributed by atoms with Gasteiger partial charge in [-0.1, -0.05) is 29.0 Å². The number of nitrogens with one attached hydrogen (secondary N) is 3.